The van der Waals surface area contributed by atoms with E-state index in [1.54, 1.807) is 11.9 Å². The van der Waals surface area contributed by atoms with Crippen molar-refractivity contribution in [3.8, 4) is 0 Å². The van der Waals surface area contributed by atoms with Crippen LogP contribution in [0, 0.1) is 17.8 Å². The zero-order valence-electron chi connectivity index (χ0n) is 11.2. The van der Waals surface area contributed by atoms with Crippen molar-refractivity contribution in [1.82, 2.24) is 4.90 Å². The third-order valence-electron chi connectivity index (χ3n) is 4.02. The summed E-state index contributed by atoms with van der Waals surface area (Å²) >= 11 is 0. The number of rotatable bonds is 5. The third kappa shape index (κ3) is 4.88. The summed E-state index contributed by atoms with van der Waals surface area (Å²) in [4.78, 5) is 1.72. The number of nitrogens with two attached hydrogens (primary N) is 1. The Balaban J connectivity index is 2.44. The predicted octanol–water partition coefficient (Wildman–Crippen LogP) is 2.58. The lowest BCUT2D eigenvalue weighted by Gasteiger charge is -2.37. The van der Waals surface area contributed by atoms with Crippen LogP contribution in [-0.4, -0.2) is 37.5 Å². The Morgan fingerprint density at radius 1 is 1.29 bits per heavy atom. The van der Waals surface area contributed by atoms with Crippen molar-refractivity contribution in [3.05, 3.63) is 0 Å². The van der Waals surface area contributed by atoms with E-state index in [4.69, 9.17) is 5.73 Å². The molecule has 0 bridgehead atoms. The second-order valence-corrected chi connectivity index (χ2v) is 5.85. The molecule has 0 aromatic heterocycles. The average molecular weight is 248 g/mol. The van der Waals surface area contributed by atoms with Crippen LogP contribution in [0.1, 0.15) is 33.1 Å². The summed E-state index contributed by atoms with van der Waals surface area (Å²) in [5.41, 5.74) is 6.11. The SMILES string of the molecule is CC(C)C1CCC(N)C(CN(C)CC(F)F)C1. The van der Waals surface area contributed by atoms with Crippen molar-refractivity contribution < 1.29 is 8.78 Å². The molecule has 0 aromatic rings. The van der Waals surface area contributed by atoms with Gasteiger partial charge < -0.3 is 10.6 Å². The lowest BCUT2D eigenvalue weighted by molar-refractivity contribution is 0.0787. The van der Waals surface area contributed by atoms with Crippen molar-refractivity contribution in [2.24, 2.45) is 23.5 Å². The maximum absolute atomic E-state index is 12.3. The highest BCUT2D eigenvalue weighted by atomic mass is 19.3. The summed E-state index contributed by atoms with van der Waals surface area (Å²) in [6.07, 6.45) is 1.07. The highest BCUT2D eigenvalue weighted by molar-refractivity contribution is 4.85. The van der Waals surface area contributed by atoms with E-state index in [1.165, 1.54) is 6.42 Å². The van der Waals surface area contributed by atoms with Crippen LogP contribution in [0.25, 0.3) is 0 Å². The van der Waals surface area contributed by atoms with Gasteiger partial charge in [0.1, 0.15) is 0 Å². The van der Waals surface area contributed by atoms with E-state index in [0.717, 1.165) is 12.8 Å². The molecule has 0 heterocycles. The molecule has 2 N–H and O–H groups in total. The van der Waals surface area contributed by atoms with Crippen LogP contribution >= 0.6 is 0 Å². The number of alkyl halides is 2. The van der Waals surface area contributed by atoms with Crippen molar-refractivity contribution in [1.29, 1.82) is 0 Å². The van der Waals surface area contributed by atoms with Gasteiger partial charge in [0.15, 0.2) is 0 Å². The van der Waals surface area contributed by atoms with Gasteiger partial charge in [-0.25, -0.2) is 8.78 Å². The molecule has 1 aliphatic carbocycles. The molecular weight excluding hydrogens is 222 g/mol. The fraction of sp³-hybridized carbons (Fsp3) is 1.00. The van der Waals surface area contributed by atoms with E-state index < -0.39 is 6.43 Å². The topological polar surface area (TPSA) is 29.3 Å². The molecule has 1 fully saturated rings. The summed E-state index contributed by atoms with van der Waals surface area (Å²) in [5.74, 6) is 1.75. The molecule has 3 atom stereocenters. The molecule has 3 unspecified atom stereocenters. The fourth-order valence-corrected chi connectivity index (χ4v) is 2.85. The van der Waals surface area contributed by atoms with Crippen LogP contribution in [0.2, 0.25) is 0 Å². The lowest BCUT2D eigenvalue weighted by Crippen LogP contribution is -2.43. The summed E-state index contributed by atoms with van der Waals surface area (Å²) in [6.45, 7) is 5.03. The Morgan fingerprint density at radius 2 is 1.94 bits per heavy atom. The molecule has 2 nitrogen and oxygen atoms in total. The molecule has 0 radical (unpaired) electrons. The monoisotopic (exact) mass is 248 g/mol. The Bertz CT molecular complexity index is 221. The number of hydrogen-bond acceptors (Lipinski definition) is 2. The molecule has 0 aromatic carbocycles. The molecule has 1 aliphatic rings. The highest BCUT2D eigenvalue weighted by Gasteiger charge is 2.30. The largest absolute Gasteiger partial charge is 0.327 e. The first-order valence-corrected chi connectivity index (χ1v) is 6.62. The highest BCUT2D eigenvalue weighted by Crippen LogP contribution is 2.33. The zero-order valence-corrected chi connectivity index (χ0v) is 11.2. The molecular formula is C13H26F2N2. The Labute approximate surface area is 104 Å². The van der Waals surface area contributed by atoms with Crippen molar-refractivity contribution in [2.45, 2.75) is 45.6 Å². The molecule has 1 saturated carbocycles. The van der Waals surface area contributed by atoms with Gasteiger partial charge in [-0.2, -0.15) is 0 Å². The first-order chi connectivity index (χ1) is 7.90. The van der Waals surface area contributed by atoms with Crippen LogP contribution in [0.3, 0.4) is 0 Å². The smallest absolute Gasteiger partial charge is 0.251 e. The van der Waals surface area contributed by atoms with Gasteiger partial charge in [0.05, 0.1) is 6.54 Å². The molecule has 0 aliphatic heterocycles. The quantitative estimate of drug-likeness (QED) is 0.810. The van der Waals surface area contributed by atoms with Gasteiger partial charge >= 0.3 is 0 Å². The van der Waals surface area contributed by atoms with E-state index in [-0.39, 0.29) is 12.6 Å². The average Bonchev–Trinajstić information content (AvgIpc) is 2.19. The van der Waals surface area contributed by atoms with E-state index in [1.807, 2.05) is 0 Å². The normalized spacial score (nSPS) is 30.5. The molecule has 0 amide bonds. The predicted molar refractivity (Wildman–Crippen MR) is 67.1 cm³/mol. The second-order valence-electron chi connectivity index (χ2n) is 5.85. The van der Waals surface area contributed by atoms with E-state index >= 15 is 0 Å². The summed E-state index contributed by atoms with van der Waals surface area (Å²) in [6, 6.07) is 0.185. The number of halogens is 2. The third-order valence-corrected chi connectivity index (χ3v) is 4.02. The lowest BCUT2D eigenvalue weighted by atomic mass is 9.74. The van der Waals surface area contributed by atoms with Crippen molar-refractivity contribution in [3.63, 3.8) is 0 Å². The molecule has 102 valence electrons. The second kappa shape index (κ2) is 6.64. The first kappa shape index (κ1) is 14.8. The minimum atomic E-state index is -2.25. The minimum Gasteiger partial charge on any atom is -0.327 e. The van der Waals surface area contributed by atoms with Crippen molar-refractivity contribution >= 4 is 0 Å². The van der Waals surface area contributed by atoms with Crippen LogP contribution in [0.5, 0.6) is 0 Å². The molecule has 0 spiro atoms. The van der Waals surface area contributed by atoms with Gasteiger partial charge in [-0.3, -0.25) is 0 Å². The Hall–Kier alpha value is -0.220. The number of nitrogens with zero attached hydrogens (tertiary/aromatic N) is 1. The Morgan fingerprint density at radius 3 is 2.47 bits per heavy atom. The van der Waals surface area contributed by atoms with Gasteiger partial charge in [-0.15, -0.1) is 0 Å². The van der Waals surface area contributed by atoms with E-state index in [9.17, 15) is 8.78 Å². The molecule has 0 saturated heterocycles. The Kier molecular flexibility index (Phi) is 5.80. The summed E-state index contributed by atoms with van der Waals surface area (Å²) < 4.78 is 24.5. The van der Waals surface area contributed by atoms with Gasteiger partial charge in [0, 0.05) is 12.6 Å². The molecule has 1 rings (SSSR count). The van der Waals surface area contributed by atoms with Crippen LogP contribution < -0.4 is 5.73 Å². The van der Waals surface area contributed by atoms with Crippen LogP contribution in [-0.2, 0) is 0 Å². The molecule has 17 heavy (non-hydrogen) atoms. The van der Waals surface area contributed by atoms with Gasteiger partial charge in [-0.1, -0.05) is 13.8 Å². The van der Waals surface area contributed by atoms with Gasteiger partial charge in [-0.05, 0) is 44.1 Å². The standard InChI is InChI=1S/C13H26F2N2/c1-9(2)10-4-5-12(16)11(6-10)7-17(3)8-13(14)15/h9-13H,4-8,16H2,1-3H3. The van der Waals surface area contributed by atoms with Gasteiger partial charge in [0.25, 0.3) is 6.43 Å². The zero-order chi connectivity index (χ0) is 13.0. The van der Waals surface area contributed by atoms with Gasteiger partial charge in [0.2, 0.25) is 0 Å². The molecule has 4 heteroatoms. The maximum atomic E-state index is 12.3. The van der Waals surface area contributed by atoms with E-state index in [0.29, 0.717) is 24.3 Å². The van der Waals surface area contributed by atoms with Crippen LogP contribution in [0.15, 0.2) is 0 Å². The fourth-order valence-electron chi connectivity index (χ4n) is 2.85. The minimum absolute atomic E-state index is 0.143. The number of hydrogen-bond donors (Lipinski definition) is 1. The van der Waals surface area contributed by atoms with E-state index in [2.05, 4.69) is 13.8 Å². The van der Waals surface area contributed by atoms with Crippen molar-refractivity contribution in [2.75, 3.05) is 20.1 Å². The first-order valence-electron chi connectivity index (χ1n) is 6.62. The summed E-state index contributed by atoms with van der Waals surface area (Å²) in [5, 5.41) is 0. The summed E-state index contributed by atoms with van der Waals surface area (Å²) in [7, 11) is 1.76. The maximum Gasteiger partial charge on any atom is 0.251 e. The van der Waals surface area contributed by atoms with Crippen LogP contribution in [0.4, 0.5) is 8.78 Å².